The zero-order chi connectivity index (χ0) is 19.2. The molecule has 0 fully saturated rings. The van der Waals surface area contributed by atoms with E-state index in [4.69, 9.17) is 0 Å². The van der Waals surface area contributed by atoms with Crippen molar-refractivity contribution >= 4 is 23.2 Å². The van der Waals surface area contributed by atoms with Gasteiger partial charge in [-0.2, -0.15) is 0 Å². The maximum absolute atomic E-state index is 4.64. The van der Waals surface area contributed by atoms with E-state index in [1.807, 2.05) is 100 Å². The number of halogens is 2. The van der Waals surface area contributed by atoms with Crippen molar-refractivity contribution in [2.45, 2.75) is 48.0 Å². The summed E-state index contributed by atoms with van der Waals surface area (Å²) in [4.78, 5) is 0. The number of hydrogen-bond donors (Lipinski definition) is 0. The second-order valence-electron chi connectivity index (χ2n) is 3.02. The van der Waals surface area contributed by atoms with Crippen molar-refractivity contribution in [1.82, 2.24) is 0 Å². The fraction of sp³-hybridized carbons (Fsp3) is 0.429. The molecule has 0 atom stereocenters. The molecule has 0 aliphatic carbocycles. The molecule has 0 amide bonds. The first-order valence-electron chi connectivity index (χ1n) is 8.17. The molecular formula is C21H38Cl2. The zero-order valence-corrected chi connectivity index (χ0v) is 17.9. The Hall–Kier alpha value is -0.980. The Morgan fingerprint density at radius 3 is 0.478 bits per heavy atom. The van der Waals surface area contributed by atoms with Gasteiger partial charge in [0.15, 0.2) is 0 Å². The second kappa shape index (κ2) is 58.3. The van der Waals surface area contributed by atoms with Crippen LogP contribution in [0.2, 0.25) is 0 Å². The smallest absolute Gasteiger partial charge is 0.0108 e. The largest absolute Gasteiger partial charge is 0.130 e. The van der Waals surface area contributed by atoms with Crippen LogP contribution >= 0.6 is 23.2 Å². The molecule has 0 unspecified atom stereocenters. The third-order valence-corrected chi connectivity index (χ3v) is 1.33. The Bertz CT molecular complexity index is 198. The van der Waals surface area contributed by atoms with Crippen LogP contribution in [0.4, 0.5) is 0 Å². The molecular weight excluding hydrogens is 323 g/mol. The third-order valence-electron chi connectivity index (χ3n) is 1.33. The van der Waals surface area contributed by atoms with Gasteiger partial charge in [0, 0.05) is 12.8 Å². The summed E-state index contributed by atoms with van der Waals surface area (Å²) in [6.07, 6.45) is 4.19. The fourth-order valence-corrected chi connectivity index (χ4v) is 0.770. The van der Waals surface area contributed by atoms with Gasteiger partial charge in [-0.05, 0) is 0 Å². The van der Waals surface area contributed by atoms with Gasteiger partial charge in [-0.15, -0.1) is 23.2 Å². The van der Waals surface area contributed by atoms with E-state index in [1.54, 1.807) is 0 Å². The minimum Gasteiger partial charge on any atom is -0.130 e. The summed E-state index contributed by atoms with van der Waals surface area (Å²) in [5.74, 6) is 0. The first kappa shape index (κ1) is 33.6. The summed E-state index contributed by atoms with van der Waals surface area (Å²) in [5.41, 5.74) is 0. The topological polar surface area (TPSA) is 0 Å². The molecule has 2 aromatic rings. The summed E-state index contributed by atoms with van der Waals surface area (Å²) in [6.45, 7) is 12.2. The van der Waals surface area contributed by atoms with E-state index in [0.29, 0.717) is 0 Å². The summed E-state index contributed by atoms with van der Waals surface area (Å²) >= 11 is 9.28. The SMILES string of the molecule is CC.CC.CCC.CCl.CCl.c1ccccc1.c1ccccc1. The van der Waals surface area contributed by atoms with E-state index < -0.39 is 0 Å². The Labute approximate surface area is 156 Å². The number of benzene rings is 2. The van der Waals surface area contributed by atoms with Crippen molar-refractivity contribution in [3.63, 3.8) is 0 Å². The molecule has 0 radical (unpaired) electrons. The first-order chi connectivity index (χ1) is 11.4. The summed E-state index contributed by atoms with van der Waals surface area (Å²) in [7, 11) is 0. The van der Waals surface area contributed by atoms with Crippen molar-refractivity contribution in [3.05, 3.63) is 72.8 Å². The number of hydrogen-bond acceptors (Lipinski definition) is 0. The molecule has 136 valence electrons. The highest BCUT2D eigenvalue weighted by atomic mass is 35.5. The van der Waals surface area contributed by atoms with Gasteiger partial charge in [-0.3, -0.25) is 0 Å². The predicted octanol–water partition coefficient (Wildman–Crippen LogP) is 8.55. The molecule has 0 spiro atoms. The van der Waals surface area contributed by atoms with Crippen LogP contribution in [0.15, 0.2) is 72.8 Å². The van der Waals surface area contributed by atoms with E-state index in [9.17, 15) is 0 Å². The predicted molar refractivity (Wildman–Crippen MR) is 115 cm³/mol. The molecule has 0 N–H and O–H groups in total. The van der Waals surface area contributed by atoms with Crippen LogP contribution in [0.5, 0.6) is 0 Å². The van der Waals surface area contributed by atoms with Crippen LogP contribution in [0.1, 0.15) is 48.0 Å². The van der Waals surface area contributed by atoms with Crippen molar-refractivity contribution in [2.24, 2.45) is 0 Å². The van der Waals surface area contributed by atoms with Crippen LogP contribution in [-0.4, -0.2) is 12.8 Å². The molecule has 0 saturated carbocycles. The van der Waals surface area contributed by atoms with Gasteiger partial charge in [0.1, 0.15) is 0 Å². The molecule has 2 aromatic carbocycles. The molecule has 23 heavy (non-hydrogen) atoms. The fourth-order valence-electron chi connectivity index (χ4n) is 0.770. The molecule has 0 saturated heterocycles. The molecule has 2 heteroatoms. The lowest BCUT2D eigenvalue weighted by molar-refractivity contribution is 1.09. The van der Waals surface area contributed by atoms with Gasteiger partial charge >= 0.3 is 0 Å². The first-order valence-corrected chi connectivity index (χ1v) is 9.68. The normalized spacial score (nSPS) is 6.00. The Morgan fingerprint density at radius 1 is 0.391 bits per heavy atom. The van der Waals surface area contributed by atoms with Crippen LogP contribution in [-0.2, 0) is 0 Å². The van der Waals surface area contributed by atoms with Crippen molar-refractivity contribution < 1.29 is 0 Å². The average molecular weight is 361 g/mol. The van der Waals surface area contributed by atoms with Gasteiger partial charge in [-0.1, -0.05) is 121 Å². The van der Waals surface area contributed by atoms with E-state index in [0.717, 1.165) is 0 Å². The molecule has 0 aliphatic heterocycles. The summed E-state index contributed by atoms with van der Waals surface area (Å²) in [5, 5.41) is 0. The van der Waals surface area contributed by atoms with Gasteiger partial charge in [0.05, 0.1) is 0 Å². The number of rotatable bonds is 0. The zero-order valence-electron chi connectivity index (χ0n) is 16.4. The van der Waals surface area contributed by atoms with E-state index in [1.165, 1.54) is 19.2 Å². The number of alkyl halides is 2. The van der Waals surface area contributed by atoms with Crippen molar-refractivity contribution in [3.8, 4) is 0 Å². The highest BCUT2D eigenvalue weighted by Crippen LogP contribution is 1.80. The minimum atomic E-state index is 1.25. The molecule has 0 heterocycles. The second-order valence-corrected chi connectivity index (χ2v) is 3.02. The van der Waals surface area contributed by atoms with E-state index in [-0.39, 0.29) is 0 Å². The highest BCUT2D eigenvalue weighted by Gasteiger charge is 1.58. The standard InChI is InChI=1S/2C6H6.C3H8.2C2H6.2CH3Cl/c2*1-2-4-6-5-3-1;1-3-2;4*1-2/h2*1-6H;3H2,1-2H3;2*1-2H3;2*1H3. The molecule has 0 nitrogen and oxygen atoms in total. The third kappa shape index (κ3) is 62.6. The van der Waals surface area contributed by atoms with Crippen LogP contribution < -0.4 is 0 Å². The van der Waals surface area contributed by atoms with Gasteiger partial charge in [0.2, 0.25) is 0 Å². The van der Waals surface area contributed by atoms with E-state index in [2.05, 4.69) is 37.0 Å². The maximum atomic E-state index is 4.64. The lowest BCUT2D eigenvalue weighted by atomic mass is 10.4. The quantitative estimate of drug-likeness (QED) is 0.412. The summed E-state index contributed by atoms with van der Waals surface area (Å²) < 4.78 is 0. The molecule has 2 rings (SSSR count). The van der Waals surface area contributed by atoms with Crippen LogP contribution in [0.25, 0.3) is 0 Å². The summed E-state index contributed by atoms with van der Waals surface area (Å²) in [6, 6.07) is 24.0. The van der Waals surface area contributed by atoms with Crippen LogP contribution in [0.3, 0.4) is 0 Å². The maximum Gasteiger partial charge on any atom is 0.0108 e. The Kier molecular flexibility index (Phi) is 85.2. The molecule has 0 aromatic heterocycles. The van der Waals surface area contributed by atoms with Crippen molar-refractivity contribution in [2.75, 3.05) is 12.8 Å². The lowest BCUT2D eigenvalue weighted by Gasteiger charge is -1.69. The highest BCUT2D eigenvalue weighted by molar-refractivity contribution is 6.15. The van der Waals surface area contributed by atoms with Gasteiger partial charge in [0.25, 0.3) is 0 Å². The minimum absolute atomic E-state index is 1.25. The van der Waals surface area contributed by atoms with Crippen molar-refractivity contribution in [1.29, 1.82) is 0 Å². The van der Waals surface area contributed by atoms with Gasteiger partial charge < -0.3 is 0 Å². The Morgan fingerprint density at radius 2 is 0.435 bits per heavy atom. The molecule has 0 aliphatic rings. The monoisotopic (exact) mass is 360 g/mol. The average Bonchev–Trinajstić information content (AvgIpc) is 2.72. The van der Waals surface area contributed by atoms with Gasteiger partial charge in [-0.25, -0.2) is 0 Å². The van der Waals surface area contributed by atoms with Crippen LogP contribution in [0, 0.1) is 0 Å². The van der Waals surface area contributed by atoms with E-state index >= 15 is 0 Å². The Balaban J connectivity index is -0.0000000598. The lowest BCUT2D eigenvalue weighted by Crippen LogP contribution is -1.47. The molecule has 0 bridgehead atoms.